The van der Waals surface area contributed by atoms with Gasteiger partial charge in [0.1, 0.15) is 17.4 Å². The second-order valence-corrected chi connectivity index (χ2v) is 10.5. The maximum absolute atomic E-state index is 14.2. The number of halogens is 2. The minimum absolute atomic E-state index is 0.0105. The molecule has 0 aliphatic carbocycles. The van der Waals surface area contributed by atoms with Gasteiger partial charge in [0.2, 0.25) is 5.91 Å². The molecule has 43 heavy (non-hydrogen) atoms. The van der Waals surface area contributed by atoms with E-state index in [0.717, 1.165) is 18.2 Å². The van der Waals surface area contributed by atoms with Crippen LogP contribution in [0.2, 0.25) is 0 Å². The first-order chi connectivity index (χ1) is 20.5. The highest BCUT2D eigenvalue weighted by Gasteiger charge is 2.32. The van der Waals surface area contributed by atoms with E-state index in [1.54, 1.807) is 36.1 Å². The number of methoxy groups -OCH3 is 1. The Hall–Kier alpha value is -4.31. The number of carbonyl (C=O) groups is 3. The highest BCUT2D eigenvalue weighted by molar-refractivity contribution is 6.02. The zero-order valence-corrected chi connectivity index (χ0v) is 25.0. The van der Waals surface area contributed by atoms with Crippen molar-refractivity contribution >= 4 is 17.7 Å². The van der Waals surface area contributed by atoms with Crippen LogP contribution >= 0.6 is 0 Å². The number of amides is 3. The number of benzene rings is 3. The summed E-state index contributed by atoms with van der Waals surface area (Å²) < 4.78 is 33.6. The van der Waals surface area contributed by atoms with E-state index in [4.69, 9.17) is 10.5 Å². The largest absolute Gasteiger partial charge is 0.497 e. The number of nitrogens with one attached hydrogen (secondary N) is 1. The summed E-state index contributed by atoms with van der Waals surface area (Å²) in [6.45, 7) is 6.23. The molecule has 0 aromatic heterocycles. The highest BCUT2D eigenvalue weighted by atomic mass is 19.1. The van der Waals surface area contributed by atoms with Crippen LogP contribution in [0, 0.1) is 18.6 Å². The Kier molecular flexibility index (Phi) is 11.8. The van der Waals surface area contributed by atoms with Crippen LogP contribution in [0.15, 0.2) is 54.6 Å². The number of hydrogen-bond donors (Lipinski definition) is 3. The Morgan fingerprint density at radius 3 is 2.19 bits per heavy atom. The van der Waals surface area contributed by atoms with Crippen molar-refractivity contribution in [3.8, 4) is 5.75 Å². The molecule has 2 atom stereocenters. The first kappa shape index (κ1) is 33.2. The second-order valence-electron chi connectivity index (χ2n) is 10.5. The third-order valence-corrected chi connectivity index (χ3v) is 7.11. The minimum atomic E-state index is -1.39. The van der Waals surface area contributed by atoms with Crippen molar-refractivity contribution in [2.24, 2.45) is 5.73 Å². The Labute approximate surface area is 250 Å². The summed E-state index contributed by atoms with van der Waals surface area (Å²) in [7, 11) is 1.47. The van der Waals surface area contributed by atoms with Crippen molar-refractivity contribution in [2.75, 3.05) is 26.7 Å². The monoisotopic (exact) mass is 595 g/mol. The van der Waals surface area contributed by atoms with Gasteiger partial charge in [0.25, 0.3) is 11.8 Å². The molecule has 10 heteroatoms. The molecule has 0 saturated carbocycles. The predicted molar refractivity (Wildman–Crippen MR) is 160 cm³/mol. The van der Waals surface area contributed by atoms with Gasteiger partial charge in [0, 0.05) is 48.3 Å². The number of rotatable bonds is 14. The fourth-order valence-corrected chi connectivity index (χ4v) is 5.22. The van der Waals surface area contributed by atoms with Crippen molar-refractivity contribution < 1.29 is 33.0 Å². The Morgan fingerprint density at radius 2 is 1.60 bits per heavy atom. The molecule has 4 N–H and O–H groups in total. The first-order valence-electron chi connectivity index (χ1n) is 14.3. The van der Waals surface area contributed by atoms with Crippen molar-refractivity contribution in [3.05, 3.63) is 99.6 Å². The van der Waals surface area contributed by atoms with Gasteiger partial charge < -0.3 is 25.8 Å². The molecule has 8 nitrogen and oxygen atoms in total. The zero-order valence-electron chi connectivity index (χ0n) is 25.0. The first-order valence-corrected chi connectivity index (χ1v) is 14.3. The van der Waals surface area contributed by atoms with Crippen molar-refractivity contribution in [1.29, 1.82) is 0 Å². The molecule has 3 rings (SSSR count). The van der Waals surface area contributed by atoms with E-state index in [1.165, 1.54) is 19.2 Å². The van der Waals surface area contributed by atoms with Crippen LogP contribution in [-0.4, -0.2) is 60.6 Å². The molecule has 0 fully saturated rings. The fourth-order valence-electron chi connectivity index (χ4n) is 5.22. The summed E-state index contributed by atoms with van der Waals surface area (Å²) in [4.78, 5) is 41.4. The van der Waals surface area contributed by atoms with E-state index in [9.17, 15) is 28.3 Å². The Bertz CT molecular complexity index is 1440. The van der Waals surface area contributed by atoms with Gasteiger partial charge in [0.05, 0.1) is 13.2 Å². The van der Waals surface area contributed by atoms with E-state index in [-0.39, 0.29) is 46.7 Å². The average Bonchev–Trinajstić information content (AvgIpc) is 2.97. The quantitative estimate of drug-likeness (QED) is 0.248. The standard InChI is InChI=1S/C33H39F2N3O5/c1-5-10-38(11-6-2)33(42)28-13-20(3)12-27(31(36)40)30(28)26(16-21-14-23(34)18-24(35)15-21)29(39)19-37-32(41)22-8-7-9-25(17-22)43-4/h7-9,12-15,17-18,26,29,39H,5-6,10-11,16,19H2,1-4H3,(H2,36,40)(H,37,41)/t26-,29+/m1/s1. The number of aliphatic hydroxyl groups excluding tert-OH is 1. The van der Waals surface area contributed by atoms with Crippen molar-refractivity contribution in [1.82, 2.24) is 10.2 Å². The lowest BCUT2D eigenvalue weighted by molar-refractivity contribution is 0.0748. The van der Waals surface area contributed by atoms with Gasteiger partial charge in [-0.2, -0.15) is 0 Å². The van der Waals surface area contributed by atoms with Crippen LogP contribution in [0.3, 0.4) is 0 Å². The predicted octanol–water partition coefficient (Wildman–Crippen LogP) is 4.76. The SMILES string of the molecule is CCCN(CCC)C(=O)c1cc(C)cc(C(N)=O)c1[C@H](Cc1cc(F)cc(F)c1)[C@@H](O)CNC(=O)c1cccc(OC)c1. The molecule has 0 spiro atoms. The molecule has 0 radical (unpaired) electrons. The van der Waals surface area contributed by atoms with Crippen LogP contribution in [0.25, 0.3) is 0 Å². The molecule has 0 heterocycles. The van der Waals surface area contributed by atoms with Gasteiger partial charge in [-0.25, -0.2) is 8.78 Å². The van der Waals surface area contributed by atoms with Crippen LogP contribution in [0.4, 0.5) is 8.78 Å². The van der Waals surface area contributed by atoms with E-state index in [2.05, 4.69) is 5.32 Å². The number of ether oxygens (including phenoxy) is 1. The molecule has 3 aromatic carbocycles. The molecule has 3 amide bonds. The number of nitrogens with two attached hydrogens (primary N) is 1. The van der Waals surface area contributed by atoms with E-state index < -0.39 is 35.5 Å². The molecule has 0 bridgehead atoms. The summed E-state index contributed by atoms with van der Waals surface area (Å²) in [6.07, 6.45) is -0.157. The maximum atomic E-state index is 14.2. The van der Waals surface area contributed by atoms with Crippen molar-refractivity contribution in [3.63, 3.8) is 0 Å². The number of primary amides is 1. The van der Waals surface area contributed by atoms with Gasteiger partial charge in [-0.1, -0.05) is 19.9 Å². The number of carbonyl (C=O) groups excluding carboxylic acids is 3. The second kappa shape index (κ2) is 15.2. The lowest BCUT2D eigenvalue weighted by Crippen LogP contribution is -2.39. The molecule has 230 valence electrons. The number of hydrogen-bond acceptors (Lipinski definition) is 5. The molecule has 0 unspecified atom stereocenters. The Balaban J connectivity index is 2.13. The highest BCUT2D eigenvalue weighted by Crippen LogP contribution is 2.33. The lowest BCUT2D eigenvalue weighted by Gasteiger charge is -2.30. The fraction of sp³-hybridized carbons (Fsp3) is 0.364. The van der Waals surface area contributed by atoms with E-state index >= 15 is 0 Å². The number of nitrogens with zero attached hydrogens (tertiary/aromatic N) is 1. The van der Waals surface area contributed by atoms with Gasteiger partial charge in [-0.15, -0.1) is 0 Å². The summed E-state index contributed by atoms with van der Waals surface area (Å²) in [5.74, 6) is -3.90. The van der Waals surface area contributed by atoms with E-state index in [0.29, 0.717) is 37.2 Å². The molecule has 0 aliphatic rings. The van der Waals surface area contributed by atoms with Gasteiger partial charge >= 0.3 is 0 Å². The van der Waals surface area contributed by atoms with Crippen LogP contribution < -0.4 is 15.8 Å². The third kappa shape index (κ3) is 8.61. The summed E-state index contributed by atoms with van der Waals surface area (Å²) in [5.41, 5.74) is 7.21. The van der Waals surface area contributed by atoms with Gasteiger partial charge in [0.15, 0.2) is 0 Å². The molecule has 3 aromatic rings. The smallest absolute Gasteiger partial charge is 0.254 e. The molecular formula is C33H39F2N3O5. The number of aliphatic hydroxyl groups is 1. The lowest BCUT2D eigenvalue weighted by atomic mass is 9.80. The van der Waals surface area contributed by atoms with Crippen LogP contribution in [0.1, 0.15) is 80.4 Å². The van der Waals surface area contributed by atoms with Gasteiger partial charge in [-0.3, -0.25) is 14.4 Å². The number of aryl methyl sites for hydroxylation is 1. The van der Waals surface area contributed by atoms with Crippen molar-refractivity contribution in [2.45, 2.75) is 52.1 Å². The zero-order chi connectivity index (χ0) is 31.7. The molecule has 0 aliphatic heterocycles. The summed E-state index contributed by atoms with van der Waals surface area (Å²) >= 11 is 0. The normalized spacial score (nSPS) is 12.3. The summed E-state index contributed by atoms with van der Waals surface area (Å²) in [6, 6.07) is 12.6. The average molecular weight is 596 g/mol. The third-order valence-electron chi connectivity index (χ3n) is 7.11. The molecule has 0 saturated heterocycles. The maximum Gasteiger partial charge on any atom is 0.254 e. The summed E-state index contributed by atoms with van der Waals surface area (Å²) in [5, 5.41) is 14.3. The molecular weight excluding hydrogens is 556 g/mol. The Morgan fingerprint density at radius 1 is 0.977 bits per heavy atom. The van der Waals surface area contributed by atoms with Gasteiger partial charge in [-0.05, 0) is 85.3 Å². The van der Waals surface area contributed by atoms with Crippen LogP contribution in [0.5, 0.6) is 5.75 Å². The van der Waals surface area contributed by atoms with E-state index in [1.807, 2.05) is 13.8 Å². The minimum Gasteiger partial charge on any atom is -0.497 e. The van der Waals surface area contributed by atoms with Crippen LogP contribution in [-0.2, 0) is 6.42 Å². The topological polar surface area (TPSA) is 122 Å².